The number of aryl methyl sites for hydroxylation is 1. The molecule has 0 unspecified atom stereocenters. The largest absolute Gasteiger partial charge is 0.378 e. The SMILES string of the molecule is Cc1cn(CN2CCOCC2(C)C)c(=O)n1-c1ccc(Cl)cc1. The van der Waals surface area contributed by atoms with E-state index >= 15 is 0 Å². The summed E-state index contributed by atoms with van der Waals surface area (Å²) in [6, 6.07) is 7.32. The predicted octanol–water partition coefficient (Wildman–Crippen LogP) is 2.67. The van der Waals surface area contributed by atoms with E-state index in [0.717, 1.165) is 17.9 Å². The molecule has 0 spiro atoms. The van der Waals surface area contributed by atoms with Crippen LogP contribution in [0, 0.1) is 6.92 Å². The van der Waals surface area contributed by atoms with Gasteiger partial charge in [0, 0.05) is 29.0 Å². The van der Waals surface area contributed by atoms with Gasteiger partial charge < -0.3 is 4.74 Å². The third-order valence-corrected chi connectivity index (χ3v) is 4.61. The Kier molecular flexibility index (Phi) is 4.36. The maximum absolute atomic E-state index is 12.8. The lowest BCUT2D eigenvalue weighted by molar-refractivity contribution is -0.0661. The van der Waals surface area contributed by atoms with Crippen LogP contribution >= 0.6 is 11.6 Å². The molecule has 0 amide bonds. The predicted molar refractivity (Wildman–Crippen MR) is 91.4 cm³/mol. The van der Waals surface area contributed by atoms with Gasteiger partial charge in [-0.05, 0) is 45.0 Å². The fourth-order valence-electron chi connectivity index (χ4n) is 2.96. The highest BCUT2D eigenvalue weighted by molar-refractivity contribution is 6.30. The fourth-order valence-corrected chi connectivity index (χ4v) is 3.09. The van der Waals surface area contributed by atoms with Crippen molar-refractivity contribution in [3.8, 4) is 5.69 Å². The Labute approximate surface area is 141 Å². The molecule has 1 saturated heterocycles. The Bertz CT molecular complexity index is 746. The standard InChI is InChI=1S/C17H22ClN3O2/c1-13-10-19(12-20-8-9-23-11-17(20,2)3)16(22)21(13)15-6-4-14(18)5-7-15/h4-7,10H,8-9,11-12H2,1-3H3. The van der Waals surface area contributed by atoms with Gasteiger partial charge in [0.25, 0.3) is 0 Å². The fraction of sp³-hybridized carbons (Fsp3) is 0.471. The summed E-state index contributed by atoms with van der Waals surface area (Å²) < 4.78 is 9.02. The van der Waals surface area contributed by atoms with Crippen molar-refractivity contribution in [1.29, 1.82) is 0 Å². The maximum Gasteiger partial charge on any atom is 0.334 e. The summed E-state index contributed by atoms with van der Waals surface area (Å²) in [5.74, 6) is 0. The quantitative estimate of drug-likeness (QED) is 0.865. The highest BCUT2D eigenvalue weighted by Crippen LogP contribution is 2.20. The molecular formula is C17H22ClN3O2. The summed E-state index contributed by atoms with van der Waals surface area (Å²) in [5, 5.41) is 0.661. The van der Waals surface area contributed by atoms with Gasteiger partial charge >= 0.3 is 5.69 Å². The summed E-state index contributed by atoms with van der Waals surface area (Å²) in [6.07, 6.45) is 1.91. The molecule has 0 N–H and O–H groups in total. The number of nitrogens with zero attached hydrogens (tertiary/aromatic N) is 3. The van der Waals surface area contributed by atoms with Crippen LogP contribution in [0.25, 0.3) is 5.69 Å². The average molecular weight is 336 g/mol. The minimum Gasteiger partial charge on any atom is -0.378 e. The number of aromatic nitrogens is 2. The van der Waals surface area contributed by atoms with Crippen LogP contribution in [0.5, 0.6) is 0 Å². The van der Waals surface area contributed by atoms with Crippen LogP contribution in [0.15, 0.2) is 35.3 Å². The summed E-state index contributed by atoms with van der Waals surface area (Å²) in [5.41, 5.74) is 1.63. The molecule has 1 aliphatic heterocycles. The number of imidazole rings is 1. The van der Waals surface area contributed by atoms with E-state index in [1.807, 2.05) is 25.3 Å². The van der Waals surface area contributed by atoms with E-state index in [-0.39, 0.29) is 11.2 Å². The Balaban J connectivity index is 1.92. The van der Waals surface area contributed by atoms with E-state index < -0.39 is 0 Å². The van der Waals surface area contributed by atoms with Crippen molar-refractivity contribution in [1.82, 2.24) is 14.0 Å². The molecule has 2 heterocycles. The van der Waals surface area contributed by atoms with Gasteiger partial charge in [0.15, 0.2) is 0 Å². The summed E-state index contributed by atoms with van der Waals surface area (Å²) in [7, 11) is 0. The third-order valence-electron chi connectivity index (χ3n) is 4.36. The van der Waals surface area contributed by atoms with Crippen LogP contribution in [-0.2, 0) is 11.4 Å². The van der Waals surface area contributed by atoms with Crippen molar-refractivity contribution in [2.24, 2.45) is 0 Å². The van der Waals surface area contributed by atoms with E-state index in [0.29, 0.717) is 24.9 Å². The number of halogens is 1. The number of morpholine rings is 1. The Morgan fingerprint density at radius 1 is 1.26 bits per heavy atom. The highest BCUT2D eigenvalue weighted by atomic mass is 35.5. The van der Waals surface area contributed by atoms with E-state index in [1.54, 1.807) is 21.3 Å². The molecule has 0 saturated carbocycles. The van der Waals surface area contributed by atoms with Gasteiger partial charge in [-0.2, -0.15) is 0 Å². The van der Waals surface area contributed by atoms with Crippen LogP contribution in [0.4, 0.5) is 0 Å². The second-order valence-electron chi connectivity index (χ2n) is 6.60. The van der Waals surface area contributed by atoms with Crippen LogP contribution in [-0.4, -0.2) is 39.3 Å². The zero-order valence-corrected chi connectivity index (χ0v) is 14.5. The molecule has 124 valence electrons. The molecule has 2 aromatic rings. The van der Waals surface area contributed by atoms with Gasteiger partial charge in [-0.3, -0.25) is 14.0 Å². The lowest BCUT2D eigenvalue weighted by atomic mass is 10.0. The van der Waals surface area contributed by atoms with Crippen molar-refractivity contribution in [2.75, 3.05) is 19.8 Å². The van der Waals surface area contributed by atoms with Crippen LogP contribution in [0.1, 0.15) is 19.5 Å². The first kappa shape index (κ1) is 16.3. The Morgan fingerprint density at radius 3 is 2.61 bits per heavy atom. The van der Waals surface area contributed by atoms with Gasteiger partial charge in [0.05, 0.1) is 25.6 Å². The molecule has 5 nitrogen and oxygen atoms in total. The van der Waals surface area contributed by atoms with Gasteiger partial charge in [-0.1, -0.05) is 11.6 Å². The molecule has 1 aliphatic rings. The number of benzene rings is 1. The second kappa shape index (κ2) is 6.15. The molecular weight excluding hydrogens is 314 g/mol. The van der Waals surface area contributed by atoms with Gasteiger partial charge in [0.2, 0.25) is 0 Å². The highest BCUT2D eigenvalue weighted by Gasteiger charge is 2.31. The van der Waals surface area contributed by atoms with Crippen LogP contribution in [0.2, 0.25) is 5.02 Å². The van der Waals surface area contributed by atoms with Crippen molar-refractivity contribution in [3.05, 3.63) is 51.7 Å². The molecule has 0 radical (unpaired) electrons. The van der Waals surface area contributed by atoms with E-state index in [2.05, 4.69) is 18.7 Å². The van der Waals surface area contributed by atoms with E-state index in [1.165, 1.54) is 0 Å². The summed E-state index contributed by atoms with van der Waals surface area (Å²) in [6.45, 7) is 8.99. The van der Waals surface area contributed by atoms with Gasteiger partial charge in [0.1, 0.15) is 0 Å². The number of ether oxygens (including phenoxy) is 1. The molecule has 1 aromatic heterocycles. The number of rotatable bonds is 3. The monoisotopic (exact) mass is 335 g/mol. The van der Waals surface area contributed by atoms with Gasteiger partial charge in [-0.15, -0.1) is 0 Å². The number of hydrogen-bond donors (Lipinski definition) is 0. The van der Waals surface area contributed by atoms with Crippen LogP contribution < -0.4 is 5.69 Å². The maximum atomic E-state index is 12.8. The molecule has 0 aliphatic carbocycles. The summed E-state index contributed by atoms with van der Waals surface area (Å²) in [4.78, 5) is 15.1. The first-order valence-electron chi connectivity index (χ1n) is 7.76. The molecule has 6 heteroatoms. The molecule has 0 atom stereocenters. The smallest absolute Gasteiger partial charge is 0.334 e. The first-order valence-corrected chi connectivity index (χ1v) is 8.14. The second-order valence-corrected chi connectivity index (χ2v) is 7.04. The topological polar surface area (TPSA) is 39.4 Å². The Hall–Kier alpha value is -1.56. The van der Waals surface area contributed by atoms with Crippen molar-refractivity contribution >= 4 is 11.6 Å². The number of hydrogen-bond acceptors (Lipinski definition) is 3. The van der Waals surface area contributed by atoms with Crippen molar-refractivity contribution < 1.29 is 4.74 Å². The molecule has 3 rings (SSSR count). The molecule has 1 fully saturated rings. The minimum atomic E-state index is -0.0754. The first-order chi connectivity index (χ1) is 10.9. The molecule has 23 heavy (non-hydrogen) atoms. The lowest BCUT2D eigenvalue weighted by Crippen LogP contribution is -2.54. The Morgan fingerprint density at radius 2 is 1.96 bits per heavy atom. The van der Waals surface area contributed by atoms with E-state index in [9.17, 15) is 4.79 Å². The molecule has 1 aromatic carbocycles. The van der Waals surface area contributed by atoms with Crippen molar-refractivity contribution in [3.63, 3.8) is 0 Å². The average Bonchev–Trinajstić information content (AvgIpc) is 2.77. The summed E-state index contributed by atoms with van der Waals surface area (Å²) >= 11 is 5.93. The van der Waals surface area contributed by atoms with Crippen LogP contribution in [0.3, 0.4) is 0 Å². The third kappa shape index (κ3) is 3.22. The van der Waals surface area contributed by atoms with Gasteiger partial charge in [-0.25, -0.2) is 4.79 Å². The zero-order valence-electron chi connectivity index (χ0n) is 13.8. The molecule has 0 bridgehead atoms. The minimum absolute atomic E-state index is 0.0351. The van der Waals surface area contributed by atoms with E-state index in [4.69, 9.17) is 16.3 Å². The van der Waals surface area contributed by atoms with Crippen molar-refractivity contribution in [2.45, 2.75) is 33.0 Å². The zero-order chi connectivity index (χ0) is 16.6. The normalized spacial score (nSPS) is 18.3. The lowest BCUT2D eigenvalue weighted by Gasteiger charge is -2.41.